The highest BCUT2D eigenvalue weighted by Gasteiger charge is 2.39. The third-order valence-electron chi connectivity index (χ3n) is 5.08. The van der Waals surface area contributed by atoms with Crippen LogP contribution in [0, 0.1) is 0 Å². The van der Waals surface area contributed by atoms with Gasteiger partial charge in [0.05, 0.1) is 11.8 Å². The number of benzene rings is 2. The number of rotatable bonds is 6. The summed E-state index contributed by atoms with van der Waals surface area (Å²) < 4.78 is 35.7. The molecule has 0 fully saturated rings. The third kappa shape index (κ3) is 4.30. The predicted molar refractivity (Wildman–Crippen MR) is 108 cm³/mol. The molecule has 140 valence electrons. The van der Waals surface area contributed by atoms with E-state index >= 15 is 0 Å². The van der Waals surface area contributed by atoms with Crippen molar-refractivity contribution >= 4 is 26.0 Å². The van der Waals surface area contributed by atoms with Crippen LogP contribution in [0.2, 0.25) is 0 Å². The molecule has 6 heteroatoms. The lowest BCUT2D eigenvalue weighted by molar-refractivity contribution is 0.0260. The Labute approximate surface area is 164 Å². The molecule has 26 heavy (non-hydrogen) atoms. The van der Waals surface area contributed by atoms with Crippen LogP contribution in [0.3, 0.4) is 0 Å². The molecule has 0 aliphatic carbocycles. The van der Waals surface area contributed by atoms with E-state index < -0.39 is 10.0 Å². The van der Waals surface area contributed by atoms with Gasteiger partial charge in [-0.2, -0.15) is 0 Å². The molecule has 1 aliphatic heterocycles. The molecular formula is C20H24BrNO3S. The molecule has 2 aromatic carbocycles. The molecular weight excluding hydrogens is 414 g/mol. The number of nitrogens with one attached hydrogen (secondary N) is 1. The molecule has 0 spiro atoms. The molecule has 2 aromatic rings. The average Bonchev–Trinajstić information content (AvgIpc) is 2.63. The zero-order valence-corrected chi connectivity index (χ0v) is 17.4. The van der Waals surface area contributed by atoms with E-state index in [9.17, 15) is 8.42 Å². The molecule has 0 radical (unpaired) electrons. The van der Waals surface area contributed by atoms with Crippen molar-refractivity contribution < 1.29 is 13.2 Å². The van der Waals surface area contributed by atoms with E-state index in [-0.39, 0.29) is 17.4 Å². The first-order valence-electron chi connectivity index (χ1n) is 8.89. The van der Waals surface area contributed by atoms with Crippen LogP contribution < -0.4 is 9.46 Å². The minimum Gasteiger partial charge on any atom is -0.487 e. The Kier molecular flexibility index (Phi) is 5.75. The second-order valence-corrected chi connectivity index (χ2v) is 9.46. The van der Waals surface area contributed by atoms with E-state index in [1.54, 1.807) is 0 Å². The Morgan fingerprint density at radius 2 is 1.77 bits per heavy atom. The van der Waals surface area contributed by atoms with E-state index in [4.69, 9.17) is 4.74 Å². The van der Waals surface area contributed by atoms with E-state index in [0.717, 1.165) is 34.2 Å². The summed E-state index contributed by atoms with van der Waals surface area (Å²) in [5, 5.41) is 0. The Morgan fingerprint density at radius 3 is 2.42 bits per heavy atom. The van der Waals surface area contributed by atoms with Crippen molar-refractivity contribution in [3.8, 4) is 5.75 Å². The highest BCUT2D eigenvalue weighted by molar-refractivity contribution is 9.10. The van der Waals surface area contributed by atoms with Gasteiger partial charge in [-0.3, -0.25) is 0 Å². The zero-order chi connectivity index (χ0) is 18.8. The standard InChI is InChI=1S/C20H24BrNO3S/c1-3-20(4-2)13-18(17-7-5-6-8-19(17)25-20)22-26(23,24)14-15-9-11-16(21)12-10-15/h5-12,18,22H,3-4,13-14H2,1-2H3. The number of para-hydroxylation sites is 1. The van der Waals surface area contributed by atoms with Crippen LogP contribution in [0.15, 0.2) is 53.0 Å². The third-order valence-corrected chi connectivity index (χ3v) is 6.96. The molecule has 1 aliphatic rings. The van der Waals surface area contributed by atoms with Crippen molar-refractivity contribution in [2.24, 2.45) is 0 Å². The largest absolute Gasteiger partial charge is 0.487 e. The second-order valence-electron chi connectivity index (χ2n) is 6.79. The minimum atomic E-state index is -3.48. The minimum absolute atomic E-state index is 0.0367. The van der Waals surface area contributed by atoms with Gasteiger partial charge in [-0.1, -0.05) is 60.1 Å². The van der Waals surface area contributed by atoms with Crippen LogP contribution in [0.25, 0.3) is 0 Å². The molecule has 1 heterocycles. The number of ether oxygens (including phenoxy) is 1. The Balaban J connectivity index is 1.86. The first-order valence-corrected chi connectivity index (χ1v) is 11.3. The maximum absolute atomic E-state index is 12.8. The highest BCUT2D eigenvalue weighted by atomic mass is 79.9. The smallest absolute Gasteiger partial charge is 0.216 e. The lowest BCUT2D eigenvalue weighted by atomic mass is 9.84. The number of hydrogen-bond acceptors (Lipinski definition) is 3. The van der Waals surface area contributed by atoms with Crippen LogP contribution >= 0.6 is 15.9 Å². The highest BCUT2D eigenvalue weighted by Crippen LogP contribution is 2.42. The van der Waals surface area contributed by atoms with E-state index in [0.29, 0.717) is 6.42 Å². The van der Waals surface area contributed by atoms with Gasteiger partial charge in [0.2, 0.25) is 10.0 Å². The van der Waals surface area contributed by atoms with Crippen molar-refractivity contribution in [3.05, 3.63) is 64.1 Å². The van der Waals surface area contributed by atoms with Gasteiger partial charge in [-0.05, 0) is 36.6 Å². The summed E-state index contributed by atoms with van der Waals surface area (Å²) >= 11 is 3.37. The Bertz CT molecular complexity index is 861. The lowest BCUT2D eigenvalue weighted by Gasteiger charge is -2.41. The fourth-order valence-corrected chi connectivity index (χ4v) is 5.09. The number of hydrogen-bond donors (Lipinski definition) is 1. The van der Waals surface area contributed by atoms with Crippen molar-refractivity contribution in [1.29, 1.82) is 0 Å². The van der Waals surface area contributed by atoms with Gasteiger partial charge in [0.15, 0.2) is 0 Å². The monoisotopic (exact) mass is 437 g/mol. The maximum atomic E-state index is 12.8. The second kappa shape index (κ2) is 7.71. The van der Waals surface area contributed by atoms with Crippen molar-refractivity contribution in [1.82, 2.24) is 4.72 Å². The first kappa shape index (κ1) is 19.4. The van der Waals surface area contributed by atoms with E-state index in [1.807, 2.05) is 48.5 Å². The zero-order valence-electron chi connectivity index (χ0n) is 15.0. The van der Waals surface area contributed by atoms with Gasteiger partial charge in [0.25, 0.3) is 0 Å². The van der Waals surface area contributed by atoms with Gasteiger partial charge in [-0.15, -0.1) is 0 Å². The number of fused-ring (bicyclic) bond motifs is 1. The fraction of sp³-hybridized carbons (Fsp3) is 0.400. The summed E-state index contributed by atoms with van der Waals surface area (Å²) in [4.78, 5) is 0. The number of sulfonamides is 1. The summed E-state index contributed by atoms with van der Waals surface area (Å²) in [5.41, 5.74) is 1.33. The van der Waals surface area contributed by atoms with Crippen LogP contribution in [-0.4, -0.2) is 14.0 Å². The maximum Gasteiger partial charge on any atom is 0.216 e. The van der Waals surface area contributed by atoms with Crippen LogP contribution in [0.1, 0.15) is 50.3 Å². The molecule has 0 aromatic heterocycles. The normalized spacial score (nSPS) is 18.8. The molecule has 4 nitrogen and oxygen atoms in total. The van der Waals surface area contributed by atoms with Gasteiger partial charge < -0.3 is 4.74 Å². The SMILES string of the molecule is CCC1(CC)CC(NS(=O)(=O)Cc2ccc(Br)cc2)c2ccccc2O1. The topological polar surface area (TPSA) is 55.4 Å². The average molecular weight is 438 g/mol. The molecule has 0 amide bonds. The predicted octanol–water partition coefficient (Wildman–Crippen LogP) is 4.95. The number of halogens is 1. The van der Waals surface area contributed by atoms with E-state index in [1.165, 1.54) is 0 Å². The first-order chi connectivity index (χ1) is 12.4. The molecule has 0 saturated heterocycles. The fourth-order valence-electron chi connectivity index (χ4n) is 3.46. The molecule has 0 bridgehead atoms. The van der Waals surface area contributed by atoms with Gasteiger partial charge in [0, 0.05) is 16.5 Å². The van der Waals surface area contributed by atoms with Crippen molar-refractivity contribution in [3.63, 3.8) is 0 Å². The molecule has 1 N–H and O–H groups in total. The van der Waals surface area contributed by atoms with Crippen LogP contribution in [-0.2, 0) is 15.8 Å². The molecule has 0 saturated carbocycles. The summed E-state index contributed by atoms with van der Waals surface area (Å²) in [6.45, 7) is 4.18. The van der Waals surface area contributed by atoms with Gasteiger partial charge in [0.1, 0.15) is 11.4 Å². The van der Waals surface area contributed by atoms with Crippen molar-refractivity contribution in [2.45, 2.75) is 50.5 Å². The Hall–Kier alpha value is -1.37. The summed E-state index contributed by atoms with van der Waals surface area (Å²) in [7, 11) is -3.48. The van der Waals surface area contributed by atoms with Crippen LogP contribution in [0.5, 0.6) is 5.75 Å². The summed E-state index contributed by atoms with van der Waals surface area (Å²) in [5.74, 6) is 0.740. The quantitative estimate of drug-likeness (QED) is 0.694. The molecule has 1 atom stereocenters. The Morgan fingerprint density at radius 1 is 1.12 bits per heavy atom. The van der Waals surface area contributed by atoms with Gasteiger partial charge in [-0.25, -0.2) is 13.1 Å². The summed E-state index contributed by atoms with van der Waals surface area (Å²) in [6, 6.07) is 14.8. The van der Waals surface area contributed by atoms with Gasteiger partial charge >= 0.3 is 0 Å². The lowest BCUT2D eigenvalue weighted by Crippen LogP contribution is -2.44. The van der Waals surface area contributed by atoms with E-state index in [2.05, 4.69) is 34.5 Å². The molecule has 3 rings (SSSR count). The van der Waals surface area contributed by atoms with Crippen LogP contribution in [0.4, 0.5) is 0 Å². The molecule has 1 unspecified atom stereocenters. The van der Waals surface area contributed by atoms with Crippen molar-refractivity contribution in [2.75, 3.05) is 0 Å². The summed E-state index contributed by atoms with van der Waals surface area (Å²) in [6.07, 6.45) is 2.31.